The van der Waals surface area contributed by atoms with Crippen LogP contribution in [0.3, 0.4) is 0 Å². The van der Waals surface area contributed by atoms with E-state index in [2.05, 4.69) is 30.9 Å². The lowest BCUT2D eigenvalue weighted by atomic mass is 9.88. The van der Waals surface area contributed by atoms with Gasteiger partial charge in [0.25, 0.3) is 0 Å². The summed E-state index contributed by atoms with van der Waals surface area (Å²) in [6.07, 6.45) is 4.97. The van der Waals surface area contributed by atoms with Gasteiger partial charge in [0.1, 0.15) is 5.75 Å². The van der Waals surface area contributed by atoms with Gasteiger partial charge in [-0.2, -0.15) is 0 Å². The van der Waals surface area contributed by atoms with Gasteiger partial charge in [0.05, 0.1) is 5.02 Å². The lowest BCUT2D eigenvalue weighted by Gasteiger charge is -2.41. The van der Waals surface area contributed by atoms with Crippen LogP contribution in [0.4, 0.5) is 0 Å². The van der Waals surface area contributed by atoms with Gasteiger partial charge in [0, 0.05) is 29.2 Å². The van der Waals surface area contributed by atoms with Crippen molar-refractivity contribution >= 4 is 23.2 Å². The molecule has 21 heavy (non-hydrogen) atoms. The molecule has 0 bridgehead atoms. The first kappa shape index (κ1) is 16.9. The normalized spacial score (nSPS) is 23.0. The molecule has 1 aromatic rings. The number of likely N-dealkylation sites (N-methyl/N-ethyl adjacent to an activating group) is 2. The molecule has 0 aliphatic heterocycles. The molecule has 2 atom stereocenters. The fraction of sp³-hybridized carbons (Fsp3) is 0.625. The molecule has 118 valence electrons. The van der Waals surface area contributed by atoms with E-state index in [0.717, 1.165) is 5.56 Å². The number of halogens is 2. The second-order valence-electron chi connectivity index (χ2n) is 6.19. The monoisotopic (exact) mass is 330 g/mol. The van der Waals surface area contributed by atoms with E-state index in [1.807, 2.05) is 0 Å². The minimum Gasteiger partial charge on any atom is -0.506 e. The van der Waals surface area contributed by atoms with Gasteiger partial charge in [0.15, 0.2) is 0 Å². The second-order valence-corrected chi connectivity index (χ2v) is 7.04. The Bertz CT molecular complexity index is 493. The Kier molecular flexibility index (Phi) is 5.78. The number of benzene rings is 1. The van der Waals surface area contributed by atoms with Crippen LogP contribution in [-0.2, 0) is 6.54 Å². The maximum absolute atomic E-state index is 10.1. The van der Waals surface area contributed by atoms with Crippen molar-refractivity contribution < 1.29 is 5.11 Å². The van der Waals surface area contributed by atoms with Gasteiger partial charge in [-0.15, -0.1) is 0 Å². The molecule has 0 saturated heterocycles. The van der Waals surface area contributed by atoms with Crippen molar-refractivity contribution in [3.8, 4) is 5.75 Å². The predicted octanol–water partition coefficient (Wildman–Crippen LogP) is 4.00. The number of rotatable bonds is 4. The largest absolute Gasteiger partial charge is 0.506 e. The third-order valence-corrected chi connectivity index (χ3v) is 4.96. The number of nitrogens with zero attached hydrogens (tertiary/aromatic N) is 2. The average molecular weight is 331 g/mol. The van der Waals surface area contributed by atoms with Gasteiger partial charge in [-0.25, -0.2) is 0 Å². The van der Waals surface area contributed by atoms with Gasteiger partial charge in [-0.05, 0) is 46.1 Å². The van der Waals surface area contributed by atoms with Crippen molar-refractivity contribution in [1.29, 1.82) is 0 Å². The fourth-order valence-electron chi connectivity index (χ4n) is 3.33. The molecule has 0 radical (unpaired) electrons. The first-order valence-electron chi connectivity index (χ1n) is 7.43. The fourth-order valence-corrected chi connectivity index (χ4v) is 3.87. The molecule has 1 aliphatic carbocycles. The van der Waals surface area contributed by atoms with Gasteiger partial charge >= 0.3 is 0 Å². The van der Waals surface area contributed by atoms with Crippen LogP contribution in [0.25, 0.3) is 0 Å². The van der Waals surface area contributed by atoms with E-state index in [-0.39, 0.29) is 5.75 Å². The van der Waals surface area contributed by atoms with E-state index in [0.29, 0.717) is 28.7 Å². The lowest BCUT2D eigenvalue weighted by molar-refractivity contribution is 0.0872. The summed E-state index contributed by atoms with van der Waals surface area (Å²) >= 11 is 12.1. The van der Waals surface area contributed by atoms with Crippen LogP contribution in [0.5, 0.6) is 5.75 Å². The summed E-state index contributed by atoms with van der Waals surface area (Å²) in [6, 6.07) is 4.42. The van der Waals surface area contributed by atoms with Crippen molar-refractivity contribution in [2.24, 2.45) is 0 Å². The summed E-state index contributed by atoms with van der Waals surface area (Å²) in [4.78, 5) is 4.62. The summed E-state index contributed by atoms with van der Waals surface area (Å²) in [5.41, 5.74) is 0.790. The second kappa shape index (κ2) is 7.19. The Hall–Kier alpha value is -0.480. The highest BCUT2D eigenvalue weighted by molar-refractivity contribution is 6.35. The number of phenols is 1. The van der Waals surface area contributed by atoms with E-state index in [9.17, 15) is 5.11 Å². The zero-order valence-electron chi connectivity index (χ0n) is 12.9. The maximum atomic E-state index is 10.1. The Balaban J connectivity index is 2.15. The molecule has 0 amide bonds. The highest BCUT2D eigenvalue weighted by Gasteiger charge is 2.30. The summed E-state index contributed by atoms with van der Waals surface area (Å²) in [5.74, 6) is 0.144. The van der Waals surface area contributed by atoms with Crippen LogP contribution in [0, 0.1) is 0 Å². The van der Waals surface area contributed by atoms with Crippen LogP contribution in [0.15, 0.2) is 12.1 Å². The molecule has 0 spiro atoms. The molecule has 0 aromatic heterocycles. The zero-order chi connectivity index (χ0) is 15.6. The quantitative estimate of drug-likeness (QED) is 0.903. The molecule has 1 aromatic carbocycles. The molecule has 1 saturated carbocycles. The van der Waals surface area contributed by atoms with Crippen molar-refractivity contribution in [2.75, 3.05) is 21.1 Å². The van der Waals surface area contributed by atoms with Gasteiger partial charge in [-0.1, -0.05) is 36.0 Å². The molecule has 0 unspecified atom stereocenters. The molecule has 5 heteroatoms. The van der Waals surface area contributed by atoms with Crippen LogP contribution < -0.4 is 0 Å². The Morgan fingerprint density at radius 3 is 2.33 bits per heavy atom. The minimum absolute atomic E-state index is 0.144. The molecule has 1 fully saturated rings. The number of hydrogen-bond acceptors (Lipinski definition) is 3. The van der Waals surface area contributed by atoms with E-state index in [4.69, 9.17) is 23.2 Å². The average Bonchev–Trinajstić information content (AvgIpc) is 2.44. The Morgan fingerprint density at radius 1 is 1.10 bits per heavy atom. The summed E-state index contributed by atoms with van der Waals surface area (Å²) < 4.78 is 0. The lowest BCUT2D eigenvalue weighted by Crippen LogP contribution is -2.49. The van der Waals surface area contributed by atoms with Crippen molar-refractivity contribution in [3.63, 3.8) is 0 Å². The summed E-state index contributed by atoms with van der Waals surface area (Å²) in [6.45, 7) is 0.654. The van der Waals surface area contributed by atoms with Gasteiger partial charge in [-0.3, -0.25) is 4.90 Å². The van der Waals surface area contributed by atoms with E-state index in [1.165, 1.54) is 25.7 Å². The van der Waals surface area contributed by atoms with Crippen LogP contribution in [0.1, 0.15) is 31.2 Å². The molecular weight excluding hydrogens is 307 g/mol. The first-order chi connectivity index (χ1) is 9.90. The summed E-state index contributed by atoms with van der Waals surface area (Å²) in [7, 11) is 6.40. The standard InChI is InChI=1S/C16H24Cl2N2O/c1-19(2)14-6-4-5-7-15(14)20(3)10-11-8-12(17)9-13(18)16(11)21/h8-9,14-15,21H,4-7,10H2,1-3H3/t14-,15-/m1/s1. The Morgan fingerprint density at radius 2 is 1.71 bits per heavy atom. The van der Waals surface area contributed by atoms with E-state index >= 15 is 0 Å². The highest BCUT2D eigenvalue weighted by Crippen LogP contribution is 2.33. The van der Waals surface area contributed by atoms with Gasteiger partial charge < -0.3 is 10.0 Å². The third-order valence-electron chi connectivity index (χ3n) is 4.45. The van der Waals surface area contributed by atoms with Crippen molar-refractivity contribution in [3.05, 3.63) is 27.7 Å². The maximum Gasteiger partial charge on any atom is 0.138 e. The topological polar surface area (TPSA) is 26.7 Å². The number of aromatic hydroxyl groups is 1. The third kappa shape index (κ3) is 4.04. The minimum atomic E-state index is 0.144. The highest BCUT2D eigenvalue weighted by atomic mass is 35.5. The van der Waals surface area contributed by atoms with Gasteiger partial charge in [0.2, 0.25) is 0 Å². The summed E-state index contributed by atoms with van der Waals surface area (Å²) in [5, 5.41) is 11.0. The molecule has 1 N–H and O–H groups in total. The molecule has 3 nitrogen and oxygen atoms in total. The number of phenolic OH excluding ortho intramolecular Hbond substituents is 1. The van der Waals surface area contributed by atoms with Crippen LogP contribution >= 0.6 is 23.2 Å². The molecule has 1 aliphatic rings. The van der Waals surface area contributed by atoms with Crippen LogP contribution in [0.2, 0.25) is 10.0 Å². The Labute approximate surface area is 137 Å². The molecule has 2 rings (SSSR count). The van der Waals surface area contributed by atoms with Crippen molar-refractivity contribution in [1.82, 2.24) is 9.80 Å². The SMILES string of the molecule is CN(C)[C@@H]1CCCC[C@H]1N(C)Cc1cc(Cl)cc(Cl)c1O. The molecular formula is C16H24Cl2N2O. The van der Waals surface area contributed by atoms with Crippen LogP contribution in [-0.4, -0.2) is 48.1 Å². The number of hydrogen-bond donors (Lipinski definition) is 1. The van der Waals surface area contributed by atoms with Crippen molar-refractivity contribution in [2.45, 2.75) is 44.3 Å². The van der Waals surface area contributed by atoms with E-state index < -0.39 is 0 Å². The predicted molar refractivity (Wildman–Crippen MR) is 89.3 cm³/mol. The first-order valence-corrected chi connectivity index (χ1v) is 8.19. The zero-order valence-corrected chi connectivity index (χ0v) is 14.5. The van der Waals surface area contributed by atoms with E-state index in [1.54, 1.807) is 12.1 Å². The smallest absolute Gasteiger partial charge is 0.138 e. The molecule has 0 heterocycles.